The fourth-order valence-corrected chi connectivity index (χ4v) is 3.10. The van der Waals surface area contributed by atoms with Gasteiger partial charge in [0.25, 0.3) is 0 Å². The van der Waals surface area contributed by atoms with Crippen molar-refractivity contribution < 1.29 is 23.8 Å². The van der Waals surface area contributed by atoms with Gasteiger partial charge < -0.3 is 19.1 Å². The molecule has 0 radical (unpaired) electrons. The number of carbonyl (C=O) groups is 2. The monoisotopic (exact) mass is 469 g/mol. The number of nitrogens with zero attached hydrogens (tertiary/aromatic N) is 1. The predicted octanol–water partition coefficient (Wildman–Crippen LogP) is 6.85. The molecule has 0 aliphatic carbocycles. The first-order valence-electron chi connectivity index (χ1n) is 11.7. The molecule has 1 amide bonds. The van der Waals surface area contributed by atoms with Crippen LogP contribution in [0.25, 0.3) is 0 Å². The molecule has 0 spiro atoms. The van der Waals surface area contributed by atoms with Crippen molar-refractivity contribution >= 4 is 12.1 Å². The van der Waals surface area contributed by atoms with Crippen LogP contribution in [0.15, 0.2) is 72.1 Å². The van der Waals surface area contributed by atoms with Crippen LogP contribution in [-0.4, -0.2) is 42.8 Å². The normalized spacial score (nSPS) is 14.4. The van der Waals surface area contributed by atoms with Gasteiger partial charge in [-0.05, 0) is 82.5 Å². The van der Waals surface area contributed by atoms with Gasteiger partial charge in [0, 0.05) is 13.1 Å². The fourth-order valence-electron chi connectivity index (χ4n) is 3.10. The van der Waals surface area contributed by atoms with Gasteiger partial charge in [-0.2, -0.15) is 0 Å². The summed E-state index contributed by atoms with van der Waals surface area (Å²) in [5.74, 6) is 0.793. The minimum Gasteiger partial charge on any atom is -0.465 e. The number of hydrogen-bond acceptors (Lipinski definition) is 5. The van der Waals surface area contributed by atoms with E-state index in [4.69, 9.17) is 14.2 Å². The van der Waals surface area contributed by atoms with Gasteiger partial charge in [-0.15, -0.1) is 0 Å². The average molecular weight is 470 g/mol. The number of amides is 1. The van der Waals surface area contributed by atoms with E-state index in [9.17, 15) is 9.59 Å². The fraction of sp³-hybridized carbons (Fsp3) is 0.429. The molecule has 0 saturated carbocycles. The van der Waals surface area contributed by atoms with Gasteiger partial charge in [-0.3, -0.25) is 0 Å². The van der Waals surface area contributed by atoms with Gasteiger partial charge in [0.2, 0.25) is 0 Å². The lowest BCUT2D eigenvalue weighted by Gasteiger charge is -2.31. The van der Waals surface area contributed by atoms with Crippen LogP contribution in [0.1, 0.15) is 64.7 Å². The van der Waals surface area contributed by atoms with Crippen molar-refractivity contribution in [2.45, 2.75) is 60.0 Å². The van der Waals surface area contributed by atoms with E-state index in [1.165, 1.54) is 12.7 Å². The summed E-state index contributed by atoms with van der Waals surface area (Å²) in [5, 5.41) is 0. The second-order valence-electron chi connectivity index (χ2n) is 8.43. The second kappa shape index (κ2) is 14.1. The van der Waals surface area contributed by atoms with Gasteiger partial charge in [0.15, 0.2) is 0 Å². The zero-order valence-corrected chi connectivity index (χ0v) is 21.6. The first-order chi connectivity index (χ1) is 16.1. The minimum atomic E-state index is -0.489. The van der Waals surface area contributed by atoms with E-state index in [0.717, 1.165) is 18.4 Å². The first-order valence-corrected chi connectivity index (χ1v) is 11.7. The Kier molecular flexibility index (Phi) is 11.9. The van der Waals surface area contributed by atoms with Crippen molar-refractivity contribution in [1.82, 2.24) is 4.90 Å². The topological polar surface area (TPSA) is 65.1 Å². The van der Waals surface area contributed by atoms with E-state index in [0.29, 0.717) is 30.2 Å². The summed E-state index contributed by atoms with van der Waals surface area (Å²) in [5.41, 5.74) is 2.23. The summed E-state index contributed by atoms with van der Waals surface area (Å²) in [6, 6.07) is 6.73. The molecule has 1 saturated heterocycles. The number of benzene rings is 1. The van der Waals surface area contributed by atoms with Crippen molar-refractivity contribution in [3.63, 3.8) is 0 Å². The highest BCUT2D eigenvalue weighted by Gasteiger charge is 2.24. The van der Waals surface area contributed by atoms with E-state index in [1.54, 1.807) is 35.2 Å². The number of likely N-dealkylation sites (tertiary alicyclic amines) is 1. The largest absolute Gasteiger partial charge is 0.465 e. The smallest absolute Gasteiger partial charge is 0.410 e. The number of rotatable bonds is 6. The highest BCUT2D eigenvalue weighted by Crippen LogP contribution is 2.22. The number of methoxy groups -OCH3 is 1. The van der Waals surface area contributed by atoms with Crippen LogP contribution < -0.4 is 4.74 Å². The lowest BCUT2D eigenvalue weighted by molar-refractivity contribution is 0.0236. The van der Waals surface area contributed by atoms with E-state index in [-0.39, 0.29) is 6.09 Å². The highest BCUT2D eigenvalue weighted by atomic mass is 16.6. The van der Waals surface area contributed by atoms with Crippen molar-refractivity contribution in [3.05, 3.63) is 77.6 Å². The molecule has 1 aromatic carbocycles. The van der Waals surface area contributed by atoms with Gasteiger partial charge >= 0.3 is 12.1 Å². The molecule has 1 fully saturated rings. The van der Waals surface area contributed by atoms with Crippen LogP contribution in [0.2, 0.25) is 0 Å². The lowest BCUT2D eigenvalue weighted by atomic mass is 10.0. The summed E-state index contributed by atoms with van der Waals surface area (Å²) < 4.78 is 16.1. The molecule has 1 heterocycles. The van der Waals surface area contributed by atoms with Crippen molar-refractivity contribution in [3.8, 4) is 5.75 Å². The SMILES string of the molecule is C=C/C(=C\C(C=C1CCN(C(=O)OC(C)(C)C)CC1)=C/C)Oc1ccc(C(=O)OC)cc1.CC. The van der Waals surface area contributed by atoms with Crippen molar-refractivity contribution in [2.75, 3.05) is 20.2 Å². The summed E-state index contributed by atoms with van der Waals surface area (Å²) >= 11 is 0. The standard InChI is InChI=1S/C26H33NO5.C2H6/c1-7-19(17-20-13-15-27(16-14-20)25(29)32-26(3,4)5)18-22(8-2)31-23-11-9-21(10-12-23)24(28)30-6;1-2/h7-12,17-18H,2,13-16H2,1,3-6H3;1-2H3/b19-7-,22-18+;. The predicted molar refractivity (Wildman–Crippen MR) is 137 cm³/mol. The Labute approximate surface area is 204 Å². The molecule has 0 unspecified atom stereocenters. The quantitative estimate of drug-likeness (QED) is 0.259. The van der Waals surface area contributed by atoms with Crippen LogP contribution in [0.4, 0.5) is 4.79 Å². The van der Waals surface area contributed by atoms with Crippen LogP contribution in [-0.2, 0) is 9.47 Å². The second-order valence-corrected chi connectivity index (χ2v) is 8.43. The molecular weight excluding hydrogens is 430 g/mol. The van der Waals surface area contributed by atoms with E-state index in [2.05, 4.69) is 12.7 Å². The maximum atomic E-state index is 12.2. The number of esters is 1. The molecular formula is C28H39NO5. The minimum absolute atomic E-state index is 0.261. The van der Waals surface area contributed by atoms with E-state index in [1.807, 2.05) is 53.7 Å². The Balaban J connectivity index is 0.00000281. The molecule has 0 atom stereocenters. The van der Waals surface area contributed by atoms with Gasteiger partial charge in [-0.25, -0.2) is 9.59 Å². The van der Waals surface area contributed by atoms with Crippen molar-refractivity contribution in [1.29, 1.82) is 0 Å². The molecule has 0 N–H and O–H groups in total. The molecule has 6 heteroatoms. The van der Waals surface area contributed by atoms with E-state index >= 15 is 0 Å². The number of piperidine rings is 1. The highest BCUT2D eigenvalue weighted by molar-refractivity contribution is 5.89. The molecule has 0 bridgehead atoms. The number of carbonyl (C=O) groups excluding carboxylic acids is 2. The third-order valence-corrected chi connectivity index (χ3v) is 4.78. The summed E-state index contributed by atoms with van der Waals surface area (Å²) in [4.78, 5) is 25.6. The summed E-state index contributed by atoms with van der Waals surface area (Å²) in [6.45, 7) is 16.7. The molecule has 1 aromatic rings. The molecule has 1 aliphatic rings. The zero-order valence-electron chi connectivity index (χ0n) is 21.6. The van der Waals surface area contributed by atoms with Crippen LogP contribution in [0.5, 0.6) is 5.75 Å². The molecule has 34 heavy (non-hydrogen) atoms. The van der Waals surface area contributed by atoms with Crippen LogP contribution in [0.3, 0.4) is 0 Å². The van der Waals surface area contributed by atoms with Crippen LogP contribution >= 0.6 is 0 Å². The average Bonchev–Trinajstić information content (AvgIpc) is 2.83. The first kappa shape index (κ1) is 28.8. The third-order valence-electron chi connectivity index (χ3n) is 4.78. The maximum absolute atomic E-state index is 12.2. The Morgan fingerprint density at radius 3 is 2.12 bits per heavy atom. The Bertz CT molecular complexity index is 907. The summed E-state index contributed by atoms with van der Waals surface area (Å²) in [7, 11) is 1.35. The number of ether oxygens (including phenoxy) is 3. The Morgan fingerprint density at radius 1 is 1.06 bits per heavy atom. The lowest BCUT2D eigenvalue weighted by Crippen LogP contribution is -2.40. The van der Waals surface area contributed by atoms with Crippen molar-refractivity contribution in [2.24, 2.45) is 0 Å². The zero-order chi connectivity index (χ0) is 25.7. The Morgan fingerprint density at radius 2 is 1.65 bits per heavy atom. The van der Waals surface area contributed by atoms with Gasteiger partial charge in [-0.1, -0.05) is 38.2 Å². The summed E-state index contributed by atoms with van der Waals surface area (Å²) in [6.07, 6.45) is 9.01. The number of hydrogen-bond donors (Lipinski definition) is 0. The molecule has 1 aliphatic heterocycles. The Hall–Kier alpha value is -3.28. The molecule has 186 valence electrons. The van der Waals surface area contributed by atoms with Crippen LogP contribution in [0, 0.1) is 0 Å². The third kappa shape index (κ3) is 9.69. The number of allylic oxidation sites excluding steroid dienone is 5. The van der Waals surface area contributed by atoms with Gasteiger partial charge in [0.05, 0.1) is 12.7 Å². The van der Waals surface area contributed by atoms with Gasteiger partial charge in [0.1, 0.15) is 17.1 Å². The molecule has 2 rings (SSSR count). The molecule has 6 nitrogen and oxygen atoms in total. The maximum Gasteiger partial charge on any atom is 0.410 e. The van der Waals surface area contributed by atoms with E-state index < -0.39 is 11.6 Å². The molecule has 0 aromatic heterocycles.